The van der Waals surface area contributed by atoms with Gasteiger partial charge in [0.25, 0.3) is 11.5 Å². The average molecular weight is 587 g/mol. The molecule has 0 aliphatic carbocycles. The zero-order valence-corrected chi connectivity index (χ0v) is 24.4. The van der Waals surface area contributed by atoms with Crippen LogP contribution in [0.25, 0.3) is 22.4 Å². The van der Waals surface area contributed by atoms with Crippen molar-refractivity contribution in [1.82, 2.24) is 39.3 Å². The molecule has 0 bridgehead atoms. The molecule has 0 saturated carbocycles. The number of aliphatic hydroxyl groups is 1. The summed E-state index contributed by atoms with van der Waals surface area (Å²) in [5.74, 6) is -0.0385. The third kappa shape index (κ3) is 5.11. The summed E-state index contributed by atoms with van der Waals surface area (Å²) in [7, 11) is 1.82. The molecule has 5 aromatic rings. The van der Waals surface area contributed by atoms with Gasteiger partial charge in [0.1, 0.15) is 11.3 Å². The molecule has 0 saturated heterocycles. The van der Waals surface area contributed by atoms with E-state index in [1.165, 1.54) is 10.2 Å². The number of carbonyl (C=O) groups is 1. The van der Waals surface area contributed by atoms with Gasteiger partial charge in [-0.15, -0.1) is 0 Å². The van der Waals surface area contributed by atoms with E-state index in [1.54, 1.807) is 40.4 Å². The molecule has 42 heavy (non-hydrogen) atoms. The predicted octanol–water partition coefficient (Wildman–Crippen LogP) is 2.86. The number of hydrogen-bond acceptors (Lipinski definition) is 7. The number of amides is 1. The van der Waals surface area contributed by atoms with Crippen molar-refractivity contribution >= 4 is 28.5 Å². The Labute approximate surface area is 247 Å². The van der Waals surface area contributed by atoms with Gasteiger partial charge in [-0.2, -0.15) is 10.2 Å². The highest BCUT2D eigenvalue weighted by atomic mass is 35.5. The van der Waals surface area contributed by atoms with Crippen LogP contribution >= 0.6 is 11.6 Å². The first kappa shape index (κ1) is 27.8. The first-order chi connectivity index (χ1) is 20.2. The molecule has 0 spiro atoms. The SMILES string of the molecule is Cc1cn(C)nc1CNC(=O)c1nn(-c2cccc(Cl)c2)c2c(=O)n(-c3ccc4c(c3)CN(CCO)CC4)c(C)nc12. The number of benzene rings is 2. The molecule has 12 heteroatoms. The van der Waals surface area contributed by atoms with E-state index in [-0.39, 0.29) is 35.4 Å². The summed E-state index contributed by atoms with van der Waals surface area (Å²) in [6.07, 6.45) is 2.75. The highest BCUT2D eigenvalue weighted by molar-refractivity contribution is 6.30. The Morgan fingerprint density at radius 2 is 1.93 bits per heavy atom. The fourth-order valence-corrected chi connectivity index (χ4v) is 5.76. The standard InChI is InChI=1S/C30H31ClN8O3/c1-18-16-36(3)34-25(18)15-32-29(41)27-26-28(39(35-27)24-6-4-5-22(31)14-24)30(42)38(19(2)33-26)23-8-7-20-9-10-37(11-12-40)17-21(20)13-23/h4-8,13-14,16,40H,9-12,15,17H2,1-3H3,(H,32,41). The number of nitrogens with one attached hydrogen (secondary N) is 1. The number of fused-ring (bicyclic) bond motifs is 2. The zero-order valence-electron chi connectivity index (χ0n) is 23.6. The van der Waals surface area contributed by atoms with Crippen molar-refractivity contribution in [1.29, 1.82) is 0 Å². The van der Waals surface area contributed by atoms with Gasteiger partial charge < -0.3 is 10.4 Å². The lowest BCUT2D eigenvalue weighted by Crippen LogP contribution is -2.33. The van der Waals surface area contributed by atoms with Crippen molar-refractivity contribution in [2.45, 2.75) is 33.4 Å². The van der Waals surface area contributed by atoms with Crippen LogP contribution in [0.2, 0.25) is 5.02 Å². The first-order valence-electron chi connectivity index (χ1n) is 13.7. The zero-order chi connectivity index (χ0) is 29.5. The lowest BCUT2D eigenvalue weighted by Gasteiger charge is -2.28. The van der Waals surface area contributed by atoms with Crippen LogP contribution in [0, 0.1) is 13.8 Å². The molecule has 3 aromatic heterocycles. The molecular weight excluding hydrogens is 556 g/mol. The van der Waals surface area contributed by atoms with Crippen molar-refractivity contribution in [3.05, 3.63) is 97.9 Å². The maximum absolute atomic E-state index is 14.3. The minimum absolute atomic E-state index is 0.0380. The van der Waals surface area contributed by atoms with Gasteiger partial charge in [-0.05, 0) is 67.3 Å². The van der Waals surface area contributed by atoms with E-state index in [0.29, 0.717) is 35.3 Å². The highest BCUT2D eigenvalue weighted by Gasteiger charge is 2.25. The van der Waals surface area contributed by atoms with E-state index in [9.17, 15) is 14.7 Å². The Morgan fingerprint density at radius 3 is 2.67 bits per heavy atom. The lowest BCUT2D eigenvalue weighted by molar-refractivity contribution is 0.0946. The molecule has 4 heterocycles. The largest absolute Gasteiger partial charge is 0.395 e. The average Bonchev–Trinajstić information content (AvgIpc) is 3.50. The summed E-state index contributed by atoms with van der Waals surface area (Å²) < 4.78 is 4.68. The highest BCUT2D eigenvalue weighted by Crippen LogP contribution is 2.25. The Kier molecular flexibility index (Phi) is 7.40. The number of aromatic nitrogens is 6. The summed E-state index contributed by atoms with van der Waals surface area (Å²) in [4.78, 5) is 34.7. The molecule has 1 amide bonds. The fourth-order valence-electron chi connectivity index (χ4n) is 5.57. The molecule has 0 unspecified atom stereocenters. The van der Waals surface area contributed by atoms with E-state index < -0.39 is 5.91 Å². The monoisotopic (exact) mass is 586 g/mol. The lowest BCUT2D eigenvalue weighted by atomic mass is 9.99. The van der Waals surface area contributed by atoms with Crippen molar-refractivity contribution in [3.63, 3.8) is 0 Å². The van der Waals surface area contributed by atoms with Crippen LogP contribution in [0.15, 0.2) is 53.5 Å². The van der Waals surface area contributed by atoms with Crippen molar-refractivity contribution in [2.24, 2.45) is 7.05 Å². The van der Waals surface area contributed by atoms with E-state index in [0.717, 1.165) is 29.8 Å². The number of carbonyl (C=O) groups excluding carboxylic acids is 1. The van der Waals surface area contributed by atoms with Crippen LogP contribution in [0.3, 0.4) is 0 Å². The number of aryl methyl sites for hydroxylation is 3. The van der Waals surface area contributed by atoms with Gasteiger partial charge in [-0.25, -0.2) is 9.67 Å². The van der Waals surface area contributed by atoms with Crippen molar-refractivity contribution in [3.8, 4) is 11.4 Å². The minimum Gasteiger partial charge on any atom is -0.395 e. The quantitative estimate of drug-likeness (QED) is 0.301. The number of β-amino-alcohol motifs (C(OH)–C–C–N with tert-alkyl or cyclic N) is 1. The topological polar surface area (TPSA) is 123 Å². The smallest absolute Gasteiger partial charge is 0.284 e. The van der Waals surface area contributed by atoms with Gasteiger partial charge in [-0.3, -0.25) is 23.7 Å². The van der Waals surface area contributed by atoms with Gasteiger partial charge in [0, 0.05) is 37.9 Å². The molecule has 11 nitrogen and oxygen atoms in total. The molecule has 0 fully saturated rings. The van der Waals surface area contributed by atoms with Crippen molar-refractivity contribution in [2.75, 3.05) is 19.7 Å². The summed E-state index contributed by atoms with van der Waals surface area (Å²) in [6, 6.07) is 12.9. The summed E-state index contributed by atoms with van der Waals surface area (Å²) >= 11 is 6.30. The Bertz CT molecular complexity index is 1890. The van der Waals surface area contributed by atoms with Crippen LogP contribution < -0.4 is 10.9 Å². The molecule has 216 valence electrons. The van der Waals surface area contributed by atoms with Gasteiger partial charge in [0.15, 0.2) is 11.2 Å². The normalized spacial score (nSPS) is 13.5. The molecule has 2 aromatic carbocycles. The molecule has 1 aliphatic heterocycles. The molecular formula is C30H31ClN8O3. The minimum atomic E-state index is -0.465. The van der Waals surface area contributed by atoms with E-state index in [2.05, 4.69) is 20.4 Å². The Morgan fingerprint density at radius 1 is 1.10 bits per heavy atom. The number of halogens is 1. The summed E-state index contributed by atoms with van der Waals surface area (Å²) in [5, 5.41) is 21.8. The van der Waals surface area contributed by atoms with E-state index in [4.69, 9.17) is 16.6 Å². The third-order valence-corrected chi connectivity index (χ3v) is 7.85. The first-order valence-corrected chi connectivity index (χ1v) is 14.1. The molecule has 2 N–H and O–H groups in total. The van der Waals surface area contributed by atoms with Gasteiger partial charge in [0.05, 0.1) is 30.2 Å². The Balaban J connectivity index is 1.47. The van der Waals surface area contributed by atoms with Crippen LogP contribution in [0.4, 0.5) is 0 Å². The maximum atomic E-state index is 14.3. The molecule has 6 rings (SSSR count). The molecule has 1 aliphatic rings. The number of rotatable bonds is 7. The van der Waals surface area contributed by atoms with Crippen LogP contribution in [-0.2, 0) is 26.6 Å². The number of hydrogen-bond donors (Lipinski definition) is 2. The second-order valence-corrected chi connectivity index (χ2v) is 11.0. The maximum Gasteiger partial charge on any atom is 0.284 e. The number of aliphatic hydroxyl groups excluding tert-OH is 1. The molecule has 0 atom stereocenters. The molecule has 0 radical (unpaired) electrons. The van der Waals surface area contributed by atoms with Gasteiger partial charge >= 0.3 is 0 Å². The number of nitrogens with zero attached hydrogens (tertiary/aromatic N) is 7. The van der Waals surface area contributed by atoms with Crippen molar-refractivity contribution < 1.29 is 9.90 Å². The van der Waals surface area contributed by atoms with Crippen LogP contribution in [0.1, 0.15) is 38.7 Å². The second kappa shape index (κ2) is 11.2. The third-order valence-electron chi connectivity index (χ3n) is 7.62. The van der Waals surface area contributed by atoms with Gasteiger partial charge in [-0.1, -0.05) is 23.7 Å². The summed E-state index contributed by atoms with van der Waals surface area (Å²) in [6.45, 7) is 6.13. The fraction of sp³-hybridized carbons (Fsp3) is 0.300. The van der Waals surface area contributed by atoms with E-state index in [1.807, 2.05) is 38.4 Å². The van der Waals surface area contributed by atoms with Crippen LogP contribution in [0.5, 0.6) is 0 Å². The van der Waals surface area contributed by atoms with Gasteiger partial charge in [0.2, 0.25) is 0 Å². The summed E-state index contributed by atoms with van der Waals surface area (Å²) in [5.41, 5.74) is 5.28. The van der Waals surface area contributed by atoms with Crippen LogP contribution in [-0.4, -0.2) is 64.7 Å². The predicted molar refractivity (Wildman–Crippen MR) is 159 cm³/mol. The second-order valence-electron chi connectivity index (χ2n) is 10.6. The van der Waals surface area contributed by atoms with E-state index >= 15 is 0 Å². The Hall–Kier alpha value is -4.32.